The minimum Gasteiger partial charge on any atom is -0.490 e. The van der Waals surface area contributed by atoms with Gasteiger partial charge in [0.2, 0.25) is 5.91 Å². The number of anilines is 1. The average Bonchev–Trinajstić information content (AvgIpc) is 2.96. The quantitative estimate of drug-likeness (QED) is 0.467. The summed E-state index contributed by atoms with van der Waals surface area (Å²) in [4.78, 5) is 38.2. The zero-order chi connectivity index (χ0) is 20.8. The Bertz CT molecular complexity index is 971. The SMILES string of the molecule is C=CCOc1ccc(/C=C2/SC(=O)N(CC(=O)Nc3ccc(Br)cc3)C2=O)cc1. The monoisotopic (exact) mass is 472 g/mol. The maximum atomic E-state index is 12.6. The smallest absolute Gasteiger partial charge is 0.294 e. The van der Waals surface area contributed by atoms with Crippen LogP contribution in [0.15, 0.2) is 70.6 Å². The molecule has 0 radical (unpaired) electrons. The highest BCUT2D eigenvalue weighted by molar-refractivity contribution is 9.10. The molecule has 1 aliphatic rings. The number of thioether (sulfide) groups is 1. The van der Waals surface area contributed by atoms with E-state index in [1.165, 1.54) is 0 Å². The highest BCUT2D eigenvalue weighted by Gasteiger charge is 2.36. The maximum Gasteiger partial charge on any atom is 0.294 e. The molecule has 0 aliphatic carbocycles. The van der Waals surface area contributed by atoms with Crippen LogP contribution in [0.4, 0.5) is 10.5 Å². The predicted octanol–water partition coefficient (Wildman–Crippen LogP) is 4.69. The normalized spacial score (nSPS) is 14.9. The van der Waals surface area contributed by atoms with Gasteiger partial charge in [0.1, 0.15) is 18.9 Å². The van der Waals surface area contributed by atoms with Crippen molar-refractivity contribution in [1.82, 2.24) is 4.90 Å². The number of hydrogen-bond donors (Lipinski definition) is 1. The van der Waals surface area contributed by atoms with Gasteiger partial charge in [-0.25, -0.2) is 0 Å². The van der Waals surface area contributed by atoms with Crippen molar-refractivity contribution in [2.24, 2.45) is 0 Å². The van der Waals surface area contributed by atoms with Gasteiger partial charge in [0.15, 0.2) is 0 Å². The maximum absolute atomic E-state index is 12.6. The van der Waals surface area contributed by atoms with E-state index in [-0.39, 0.29) is 11.4 Å². The summed E-state index contributed by atoms with van der Waals surface area (Å²) in [5.74, 6) is -0.252. The number of amides is 3. The van der Waals surface area contributed by atoms with Gasteiger partial charge in [0.05, 0.1) is 4.91 Å². The number of ether oxygens (including phenoxy) is 1. The van der Waals surface area contributed by atoms with Gasteiger partial charge < -0.3 is 10.1 Å². The van der Waals surface area contributed by atoms with E-state index in [0.29, 0.717) is 18.0 Å². The van der Waals surface area contributed by atoms with E-state index in [4.69, 9.17) is 4.74 Å². The summed E-state index contributed by atoms with van der Waals surface area (Å²) >= 11 is 4.13. The van der Waals surface area contributed by atoms with Crippen LogP contribution in [-0.2, 0) is 9.59 Å². The fourth-order valence-corrected chi connectivity index (χ4v) is 3.58. The van der Waals surface area contributed by atoms with Crippen molar-refractivity contribution in [3.63, 3.8) is 0 Å². The van der Waals surface area contributed by atoms with Crippen LogP contribution in [0.1, 0.15) is 5.56 Å². The van der Waals surface area contributed by atoms with Crippen molar-refractivity contribution >= 4 is 56.5 Å². The van der Waals surface area contributed by atoms with Crippen LogP contribution < -0.4 is 10.1 Å². The molecule has 3 rings (SSSR count). The fraction of sp³-hybridized carbons (Fsp3) is 0.0952. The molecule has 148 valence electrons. The van der Waals surface area contributed by atoms with Crippen molar-refractivity contribution in [2.75, 3.05) is 18.5 Å². The molecule has 0 spiro atoms. The first-order valence-corrected chi connectivity index (χ1v) is 10.2. The van der Waals surface area contributed by atoms with Gasteiger partial charge in [-0.2, -0.15) is 0 Å². The third kappa shape index (κ3) is 5.58. The second-order valence-corrected chi connectivity index (χ2v) is 7.90. The van der Waals surface area contributed by atoms with E-state index in [1.54, 1.807) is 60.7 Å². The number of hydrogen-bond acceptors (Lipinski definition) is 5. The van der Waals surface area contributed by atoms with Gasteiger partial charge in [-0.1, -0.05) is 40.7 Å². The molecule has 0 saturated carbocycles. The molecule has 2 aromatic carbocycles. The van der Waals surface area contributed by atoms with Gasteiger partial charge in [-0.15, -0.1) is 0 Å². The van der Waals surface area contributed by atoms with E-state index in [9.17, 15) is 14.4 Å². The Kier molecular flexibility index (Phi) is 6.90. The van der Waals surface area contributed by atoms with Crippen molar-refractivity contribution in [3.8, 4) is 5.75 Å². The number of rotatable bonds is 7. The Morgan fingerprint density at radius 3 is 2.48 bits per heavy atom. The summed E-state index contributed by atoms with van der Waals surface area (Å²) < 4.78 is 6.30. The first kappa shape index (κ1) is 20.9. The molecule has 1 N–H and O–H groups in total. The van der Waals surface area contributed by atoms with E-state index >= 15 is 0 Å². The van der Waals surface area contributed by atoms with Crippen LogP contribution in [0.2, 0.25) is 0 Å². The van der Waals surface area contributed by atoms with Gasteiger partial charge in [0.25, 0.3) is 11.1 Å². The summed E-state index contributed by atoms with van der Waals surface area (Å²) in [6.07, 6.45) is 3.27. The highest BCUT2D eigenvalue weighted by Crippen LogP contribution is 2.32. The van der Waals surface area contributed by atoms with Gasteiger partial charge in [-0.05, 0) is 59.8 Å². The lowest BCUT2D eigenvalue weighted by Crippen LogP contribution is -2.36. The molecule has 0 aromatic heterocycles. The Morgan fingerprint density at radius 1 is 1.14 bits per heavy atom. The number of carbonyl (C=O) groups is 3. The van der Waals surface area contributed by atoms with Crippen LogP contribution in [0.3, 0.4) is 0 Å². The zero-order valence-electron chi connectivity index (χ0n) is 15.3. The molecule has 0 unspecified atom stereocenters. The van der Waals surface area contributed by atoms with E-state index < -0.39 is 17.1 Å². The highest BCUT2D eigenvalue weighted by atomic mass is 79.9. The number of imide groups is 1. The number of benzene rings is 2. The number of nitrogens with one attached hydrogen (secondary N) is 1. The lowest BCUT2D eigenvalue weighted by atomic mass is 10.2. The predicted molar refractivity (Wildman–Crippen MR) is 118 cm³/mol. The van der Waals surface area contributed by atoms with Crippen LogP contribution in [0.25, 0.3) is 6.08 Å². The summed E-state index contributed by atoms with van der Waals surface area (Å²) in [6.45, 7) is 3.65. The molecule has 1 aliphatic heterocycles. The minimum absolute atomic E-state index is 0.270. The molecular weight excluding hydrogens is 456 g/mol. The fourth-order valence-electron chi connectivity index (χ4n) is 2.48. The molecule has 1 heterocycles. The topological polar surface area (TPSA) is 75.7 Å². The van der Waals surface area contributed by atoms with Crippen LogP contribution in [0, 0.1) is 0 Å². The third-order valence-electron chi connectivity index (χ3n) is 3.85. The first-order valence-electron chi connectivity index (χ1n) is 8.61. The zero-order valence-corrected chi connectivity index (χ0v) is 17.7. The van der Waals surface area contributed by atoms with Crippen molar-refractivity contribution in [2.45, 2.75) is 0 Å². The summed E-state index contributed by atoms with van der Waals surface area (Å²) in [7, 11) is 0. The summed E-state index contributed by atoms with van der Waals surface area (Å²) in [5.41, 5.74) is 1.33. The molecule has 8 heteroatoms. The number of halogens is 1. The molecule has 3 amide bonds. The Hall–Kier alpha value is -2.84. The average molecular weight is 473 g/mol. The van der Waals surface area contributed by atoms with Crippen LogP contribution in [0.5, 0.6) is 5.75 Å². The second kappa shape index (κ2) is 9.58. The molecule has 29 heavy (non-hydrogen) atoms. The third-order valence-corrected chi connectivity index (χ3v) is 5.29. The lowest BCUT2D eigenvalue weighted by molar-refractivity contribution is -0.127. The lowest BCUT2D eigenvalue weighted by Gasteiger charge is -2.12. The minimum atomic E-state index is -0.488. The van der Waals surface area contributed by atoms with E-state index in [2.05, 4.69) is 27.8 Å². The van der Waals surface area contributed by atoms with Crippen LogP contribution in [-0.4, -0.2) is 35.1 Å². The van der Waals surface area contributed by atoms with Gasteiger partial charge in [0, 0.05) is 10.2 Å². The summed E-state index contributed by atoms with van der Waals surface area (Å²) in [6, 6.07) is 14.1. The molecule has 2 aromatic rings. The number of carbonyl (C=O) groups excluding carboxylic acids is 3. The molecule has 0 bridgehead atoms. The van der Waals surface area contributed by atoms with Crippen molar-refractivity contribution in [1.29, 1.82) is 0 Å². The summed E-state index contributed by atoms with van der Waals surface area (Å²) in [5, 5.41) is 2.20. The Labute approximate surface area is 180 Å². The number of nitrogens with zero attached hydrogens (tertiary/aromatic N) is 1. The molecule has 1 fully saturated rings. The standard InChI is InChI=1S/C21H17BrN2O4S/c1-2-11-28-17-9-3-14(4-10-17)12-18-20(26)24(21(27)29-18)13-19(25)23-16-7-5-15(22)6-8-16/h2-10,12H,1,11,13H2,(H,23,25)/b18-12+. The second-order valence-electron chi connectivity index (χ2n) is 5.99. The molecular formula is C21H17BrN2O4S. The largest absolute Gasteiger partial charge is 0.490 e. The Morgan fingerprint density at radius 2 is 1.83 bits per heavy atom. The van der Waals surface area contributed by atoms with E-state index in [0.717, 1.165) is 26.7 Å². The molecule has 6 nitrogen and oxygen atoms in total. The van der Waals surface area contributed by atoms with Gasteiger partial charge >= 0.3 is 0 Å². The van der Waals surface area contributed by atoms with Crippen molar-refractivity contribution < 1.29 is 19.1 Å². The first-order chi connectivity index (χ1) is 14.0. The molecule has 1 saturated heterocycles. The Balaban J connectivity index is 1.64. The van der Waals surface area contributed by atoms with Crippen LogP contribution >= 0.6 is 27.7 Å². The van der Waals surface area contributed by atoms with E-state index in [1.807, 2.05) is 0 Å². The van der Waals surface area contributed by atoms with Gasteiger partial charge in [-0.3, -0.25) is 19.3 Å². The molecule has 0 atom stereocenters. The van der Waals surface area contributed by atoms with Crippen molar-refractivity contribution in [3.05, 3.63) is 76.1 Å².